The molecule has 0 aliphatic carbocycles. The summed E-state index contributed by atoms with van der Waals surface area (Å²) in [4.78, 5) is 11.2. The highest BCUT2D eigenvalue weighted by atomic mass is 32.2. The third kappa shape index (κ3) is 15.6. The van der Waals surface area contributed by atoms with Crippen LogP contribution in [0.15, 0.2) is 0 Å². The van der Waals surface area contributed by atoms with Crippen LogP contribution in [-0.4, -0.2) is 30.0 Å². The smallest absolute Gasteiger partial charge is 0.305 e. The van der Waals surface area contributed by atoms with E-state index in [4.69, 9.17) is 4.74 Å². The van der Waals surface area contributed by atoms with Crippen molar-refractivity contribution < 1.29 is 18.3 Å². The molecular weight excluding hydrogens is 270 g/mol. The number of hydrogen-bond donors (Lipinski definition) is 0. The van der Waals surface area contributed by atoms with E-state index >= 15 is 0 Å². The molecule has 0 N–H and O–H groups in total. The van der Waals surface area contributed by atoms with E-state index in [9.17, 15) is 13.6 Å². The van der Waals surface area contributed by atoms with Crippen molar-refractivity contribution in [3.63, 3.8) is 0 Å². The Labute approximate surface area is 119 Å². The van der Waals surface area contributed by atoms with Crippen molar-refractivity contribution in [3.8, 4) is 0 Å². The first-order valence-electron chi connectivity index (χ1n) is 7.07. The molecule has 0 saturated carbocycles. The average molecular weight is 296 g/mol. The molecule has 0 rings (SSSR count). The zero-order chi connectivity index (χ0) is 14.6. The molecule has 0 aromatic heterocycles. The maximum absolute atomic E-state index is 12.5. The van der Waals surface area contributed by atoms with Crippen LogP contribution >= 0.6 is 11.8 Å². The second-order valence-corrected chi connectivity index (χ2v) is 6.04. The van der Waals surface area contributed by atoms with Crippen LogP contribution in [0.1, 0.15) is 58.8 Å². The summed E-state index contributed by atoms with van der Waals surface area (Å²) in [5, 5.41) is 0. The van der Waals surface area contributed by atoms with E-state index in [0.29, 0.717) is 19.4 Å². The van der Waals surface area contributed by atoms with E-state index in [1.54, 1.807) is 11.8 Å². The van der Waals surface area contributed by atoms with Gasteiger partial charge in [-0.25, -0.2) is 8.78 Å². The molecule has 0 unspecified atom stereocenters. The summed E-state index contributed by atoms with van der Waals surface area (Å²) in [7, 11) is 0. The zero-order valence-electron chi connectivity index (χ0n) is 12.1. The van der Waals surface area contributed by atoms with Crippen LogP contribution in [0.3, 0.4) is 0 Å². The van der Waals surface area contributed by atoms with Crippen LogP contribution in [-0.2, 0) is 9.53 Å². The van der Waals surface area contributed by atoms with Gasteiger partial charge in [0.1, 0.15) is 6.61 Å². The Balaban J connectivity index is 3.20. The molecule has 0 fully saturated rings. The van der Waals surface area contributed by atoms with Crippen molar-refractivity contribution in [2.75, 3.05) is 18.1 Å². The molecule has 0 aliphatic heterocycles. The van der Waals surface area contributed by atoms with Crippen molar-refractivity contribution in [2.45, 2.75) is 64.7 Å². The molecule has 0 aromatic rings. The molecule has 0 heterocycles. The lowest BCUT2D eigenvalue weighted by molar-refractivity contribution is -0.143. The Morgan fingerprint density at radius 2 is 1.89 bits per heavy atom. The lowest BCUT2D eigenvalue weighted by Gasteiger charge is -2.09. The minimum atomic E-state index is -2.54. The van der Waals surface area contributed by atoms with Crippen LogP contribution in [0.2, 0.25) is 0 Å². The number of thioether (sulfide) groups is 1. The van der Waals surface area contributed by atoms with Gasteiger partial charge in [0, 0.05) is 18.6 Å². The third-order valence-electron chi connectivity index (χ3n) is 2.63. The first kappa shape index (κ1) is 18.7. The number of unbranched alkanes of at least 4 members (excludes halogenated alkanes) is 3. The molecule has 0 radical (unpaired) electrons. The molecule has 0 atom stereocenters. The van der Waals surface area contributed by atoms with Gasteiger partial charge in [0.05, 0.1) is 0 Å². The first-order chi connectivity index (χ1) is 8.95. The molecule has 0 spiro atoms. The molecule has 0 aliphatic rings. The van der Waals surface area contributed by atoms with Crippen LogP contribution in [0.4, 0.5) is 8.78 Å². The van der Waals surface area contributed by atoms with E-state index < -0.39 is 5.92 Å². The third-order valence-corrected chi connectivity index (χ3v) is 3.66. The summed E-state index contributed by atoms with van der Waals surface area (Å²) in [5.41, 5.74) is 0. The fraction of sp³-hybridized carbons (Fsp3) is 0.929. The molecule has 114 valence electrons. The summed E-state index contributed by atoms with van der Waals surface area (Å²) >= 11 is 1.65. The molecular formula is C14H26F2O2S. The quantitative estimate of drug-likeness (QED) is 0.387. The minimum absolute atomic E-state index is 0.0417. The maximum atomic E-state index is 12.5. The molecule has 0 aromatic carbocycles. The first-order valence-corrected chi connectivity index (χ1v) is 8.22. The molecule has 0 amide bonds. The number of esters is 1. The topological polar surface area (TPSA) is 26.3 Å². The number of carbonyl (C=O) groups excluding carboxylic acids is 1. The number of ether oxygens (including phenoxy) is 1. The Hall–Kier alpha value is -0.320. The largest absolute Gasteiger partial charge is 0.465 e. The molecule has 0 saturated heterocycles. The van der Waals surface area contributed by atoms with Gasteiger partial charge in [0.25, 0.3) is 0 Å². The molecule has 19 heavy (non-hydrogen) atoms. The van der Waals surface area contributed by atoms with Crippen LogP contribution in [0, 0.1) is 0 Å². The molecule has 0 bridgehead atoms. The van der Waals surface area contributed by atoms with Crippen molar-refractivity contribution in [2.24, 2.45) is 0 Å². The van der Waals surface area contributed by atoms with Gasteiger partial charge in [-0.3, -0.25) is 4.79 Å². The predicted octanol–water partition coefficient (Wildman–Crippen LogP) is 4.67. The maximum Gasteiger partial charge on any atom is 0.305 e. The average Bonchev–Trinajstić information content (AvgIpc) is 2.31. The van der Waals surface area contributed by atoms with E-state index in [2.05, 4.69) is 6.92 Å². The Morgan fingerprint density at radius 1 is 1.16 bits per heavy atom. The second kappa shape index (κ2) is 11.5. The number of carbonyl (C=O) groups is 1. The van der Waals surface area contributed by atoms with Gasteiger partial charge >= 0.3 is 5.97 Å². The van der Waals surface area contributed by atoms with E-state index in [1.165, 1.54) is 0 Å². The van der Waals surface area contributed by atoms with Gasteiger partial charge in [-0.05, 0) is 31.9 Å². The van der Waals surface area contributed by atoms with Gasteiger partial charge < -0.3 is 4.74 Å². The standard InChI is InChI=1S/C14H26F2O2S/c1-3-4-5-8-13(17)18-10-12-19-11-7-6-9-14(2,15)16/h3-12H2,1-2H3. The lowest BCUT2D eigenvalue weighted by atomic mass is 10.2. The normalized spacial score (nSPS) is 11.6. The van der Waals surface area contributed by atoms with E-state index in [1.807, 2.05) is 0 Å². The van der Waals surface area contributed by atoms with Gasteiger partial charge in [0.15, 0.2) is 0 Å². The van der Waals surface area contributed by atoms with Crippen LogP contribution in [0.5, 0.6) is 0 Å². The SMILES string of the molecule is CCCCCC(=O)OCCSCCCCC(C)(F)F. The van der Waals surface area contributed by atoms with Crippen molar-refractivity contribution in [1.82, 2.24) is 0 Å². The van der Waals surface area contributed by atoms with E-state index in [0.717, 1.165) is 44.1 Å². The Kier molecular flexibility index (Phi) is 11.3. The van der Waals surface area contributed by atoms with Crippen LogP contribution < -0.4 is 0 Å². The van der Waals surface area contributed by atoms with Gasteiger partial charge in [0.2, 0.25) is 5.92 Å². The summed E-state index contributed by atoms with van der Waals surface area (Å²) in [6.45, 7) is 3.48. The fourth-order valence-electron chi connectivity index (χ4n) is 1.55. The highest BCUT2D eigenvalue weighted by Gasteiger charge is 2.19. The summed E-state index contributed by atoms with van der Waals surface area (Å²) in [6.07, 6.45) is 4.86. The summed E-state index contributed by atoms with van der Waals surface area (Å²) in [6, 6.07) is 0. The van der Waals surface area contributed by atoms with Crippen molar-refractivity contribution >= 4 is 17.7 Å². The lowest BCUT2D eigenvalue weighted by Crippen LogP contribution is -2.09. The number of halogens is 2. The number of hydrogen-bond acceptors (Lipinski definition) is 3. The van der Waals surface area contributed by atoms with Gasteiger partial charge in [-0.1, -0.05) is 19.8 Å². The molecule has 2 nitrogen and oxygen atoms in total. The van der Waals surface area contributed by atoms with Gasteiger partial charge in [-0.15, -0.1) is 0 Å². The van der Waals surface area contributed by atoms with Crippen molar-refractivity contribution in [3.05, 3.63) is 0 Å². The summed E-state index contributed by atoms with van der Waals surface area (Å²) in [5.74, 6) is -1.07. The Morgan fingerprint density at radius 3 is 2.53 bits per heavy atom. The fourth-order valence-corrected chi connectivity index (χ4v) is 2.36. The van der Waals surface area contributed by atoms with Gasteiger partial charge in [-0.2, -0.15) is 11.8 Å². The summed E-state index contributed by atoms with van der Waals surface area (Å²) < 4.78 is 30.1. The van der Waals surface area contributed by atoms with Crippen LogP contribution in [0.25, 0.3) is 0 Å². The monoisotopic (exact) mass is 296 g/mol. The number of alkyl halides is 2. The Bertz CT molecular complexity index is 230. The van der Waals surface area contributed by atoms with Crippen molar-refractivity contribution in [1.29, 1.82) is 0 Å². The number of rotatable bonds is 12. The predicted molar refractivity (Wildman–Crippen MR) is 76.9 cm³/mol. The second-order valence-electron chi connectivity index (χ2n) is 4.82. The highest BCUT2D eigenvalue weighted by molar-refractivity contribution is 7.99. The minimum Gasteiger partial charge on any atom is -0.465 e. The molecule has 5 heteroatoms. The van der Waals surface area contributed by atoms with E-state index in [-0.39, 0.29) is 12.4 Å². The highest BCUT2D eigenvalue weighted by Crippen LogP contribution is 2.20. The zero-order valence-corrected chi connectivity index (χ0v) is 12.9.